The number of anilines is 2. The Bertz CT molecular complexity index is 1740. The Morgan fingerprint density at radius 3 is 2.67 bits per heavy atom. The predicted octanol–water partition coefficient (Wildman–Crippen LogP) is 5.37. The summed E-state index contributed by atoms with van der Waals surface area (Å²) in [4.78, 5) is 14.4. The van der Waals surface area contributed by atoms with E-state index in [1.54, 1.807) is 37.6 Å². The van der Waals surface area contributed by atoms with Crippen LogP contribution in [0.15, 0.2) is 77.9 Å². The number of ether oxygens (including phenoxy) is 2. The van der Waals surface area contributed by atoms with Crippen molar-refractivity contribution in [3.05, 3.63) is 89.7 Å². The van der Waals surface area contributed by atoms with E-state index >= 15 is 0 Å². The lowest BCUT2D eigenvalue weighted by Crippen LogP contribution is -2.23. The molecule has 194 valence electrons. The number of hydrogen-bond acceptors (Lipinski definition) is 7. The number of benzene rings is 3. The standard InChI is InChI=1S/C30H25FN6O2/c1-38-30-23(3-2-12-33-30)35-24-16-27-29(17-25(24)34-21-10-13-39-14-11-21)37(22-7-5-20(31)6-8-22)28-9-4-19(18-32)15-26(28)36-27/h2-9,12,15-17,21,35H,10-11,13-14H2,1H3/b34-25+. The molecule has 0 atom stereocenters. The minimum absolute atomic E-state index is 0.110. The number of fused-ring (bicyclic) bond motifs is 2. The Labute approximate surface area is 224 Å². The minimum Gasteiger partial charge on any atom is -0.480 e. The van der Waals surface area contributed by atoms with Crippen LogP contribution in [0.25, 0.3) is 28.1 Å². The molecule has 3 heterocycles. The van der Waals surface area contributed by atoms with Crippen LogP contribution in [0.2, 0.25) is 0 Å². The van der Waals surface area contributed by atoms with Crippen molar-refractivity contribution in [3.63, 3.8) is 0 Å². The molecule has 9 heteroatoms. The van der Waals surface area contributed by atoms with Crippen molar-refractivity contribution in [1.29, 1.82) is 5.26 Å². The van der Waals surface area contributed by atoms with Crippen molar-refractivity contribution in [3.8, 4) is 29.0 Å². The molecule has 1 fully saturated rings. The molecule has 0 amide bonds. The maximum Gasteiger partial charge on any atom is 0.237 e. The van der Waals surface area contributed by atoms with Gasteiger partial charge in [0.1, 0.15) is 11.5 Å². The summed E-state index contributed by atoms with van der Waals surface area (Å²) in [7, 11) is 1.58. The molecule has 0 unspecified atom stereocenters. The molecule has 0 spiro atoms. The maximum atomic E-state index is 13.9. The van der Waals surface area contributed by atoms with E-state index in [1.807, 2.05) is 34.9 Å². The lowest BCUT2D eigenvalue weighted by molar-refractivity contribution is 0.0864. The number of nitrogens with one attached hydrogen (secondary N) is 1. The lowest BCUT2D eigenvalue weighted by atomic mass is 10.1. The van der Waals surface area contributed by atoms with Crippen LogP contribution < -0.4 is 15.4 Å². The van der Waals surface area contributed by atoms with Crippen LogP contribution in [0, 0.1) is 17.1 Å². The molecule has 1 N–H and O–H groups in total. The first kappa shape index (κ1) is 24.5. The zero-order valence-corrected chi connectivity index (χ0v) is 21.3. The summed E-state index contributed by atoms with van der Waals surface area (Å²) >= 11 is 0. The number of methoxy groups -OCH3 is 1. The average Bonchev–Trinajstić information content (AvgIpc) is 2.97. The van der Waals surface area contributed by atoms with Crippen LogP contribution in [0.4, 0.5) is 15.8 Å². The van der Waals surface area contributed by atoms with Crippen LogP contribution in [0.1, 0.15) is 18.4 Å². The van der Waals surface area contributed by atoms with Gasteiger partial charge >= 0.3 is 0 Å². The predicted molar refractivity (Wildman–Crippen MR) is 146 cm³/mol. The zero-order valence-electron chi connectivity index (χ0n) is 21.3. The van der Waals surface area contributed by atoms with Crippen LogP contribution in [-0.2, 0) is 4.74 Å². The van der Waals surface area contributed by atoms with E-state index in [4.69, 9.17) is 19.5 Å². The quantitative estimate of drug-likeness (QED) is 0.313. The maximum absolute atomic E-state index is 13.9. The summed E-state index contributed by atoms with van der Waals surface area (Å²) in [5.74, 6) is 0.141. The van der Waals surface area contributed by atoms with Gasteiger partial charge in [0, 0.05) is 25.1 Å². The summed E-state index contributed by atoms with van der Waals surface area (Å²) in [5, 5.41) is 13.7. The Kier molecular flexibility index (Phi) is 6.61. The minimum atomic E-state index is -0.319. The van der Waals surface area contributed by atoms with E-state index < -0.39 is 0 Å². The van der Waals surface area contributed by atoms with Crippen molar-refractivity contribution < 1.29 is 13.9 Å². The Morgan fingerprint density at radius 1 is 1.08 bits per heavy atom. The van der Waals surface area contributed by atoms with E-state index in [2.05, 4.69) is 16.4 Å². The number of nitriles is 1. The fraction of sp³-hybridized carbons (Fsp3) is 0.200. The number of halogens is 1. The number of hydrogen-bond donors (Lipinski definition) is 1. The molecule has 0 radical (unpaired) electrons. The third-order valence-corrected chi connectivity index (χ3v) is 6.75. The molecular formula is C30H25FN6O2. The first-order valence-corrected chi connectivity index (χ1v) is 12.7. The molecule has 0 bridgehead atoms. The second-order valence-corrected chi connectivity index (χ2v) is 9.25. The molecule has 39 heavy (non-hydrogen) atoms. The first-order valence-electron chi connectivity index (χ1n) is 12.7. The van der Waals surface area contributed by atoms with Crippen molar-refractivity contribution >= 4 is 22.4 Å². The SMILES string of the molecule is COc1ncccc1Nc1cc2nc3cc(C#N)ccc3n(-c3ccc(F)cc3)c-2c/c1=N\C1CCOCC1. The van der Waals surface area contributed by atoms with Gasteiger partial charge in [-0.1, -0.05) is 0 Å². The van der Waals surface area contributed by atoms with Crippen molar-refractivity contribution in [1.82, 2.24) is 14.5 Å². The summed E-state index contributed by atoms with van der Waals surface area (Å²) in [5.41, 5.74) is 5.63. The fourth-order valence-electron chi connectivity index (χ4n) is 4.85. The molecular weight excluding hydrogens is 495 g/mol. The monoisotopic (exact) mass is 520 g/mol. The molecule has 0 saturated carbocycles. The molecule has 6 rings (SSSR count). The summed E-state index contributed by atoms with van der Waals surface area (Å²) in [6.07, 6.45) is 3.33. The first-order chi connectivity index (χ1) is 19.1. The Morgan fingerprint density at radius 2 is 1.90 bits per heavy atom. The normalized spacial score (nSPS) is 14.4. The van der Waals surface area contributed by atoms with Gasteiger partial charge in [0.05, 0.1) is 58.3 Å². The van der Waals surface area contributed by atoms with E-state index in [9.17, 15) is 9.65 Å². The summed E-state index contributed by atoms with van der Waals surface area (Å²) in [6.45, 7) is 1.34. The summed E-state index contributed by atoms with van der Waals surface area (Å²) < 4.78 is 26.9. The van der Waals surface area contributed by atoms with Crippen LogP contribution in [0.3, 0.4) is 0 Å². The highest BCUT2D eigenvalue weighted by Crippen LogP contribution is 2.32. The van der Waals surface area contributed by atoms with Crippen LogP contribution in [0.5, 0.6) is 5.88 Å². The van der Waals surface area contributed by atoms with Gasteiger partial charge in [0.25, 0.3) is 0 Å². The van der Waals surface area contributed by atoms with Crippen LogP contribution in [-0.4, -0.2) is 40.9 Å². The number of rotatable bonds is 5. The molecule has 2 aromatic carbocycles. The molecule has 1 aliphatic carbocycles. The number of aromatic nitrogens is 3. The van der Waals surface area contributed by atoms with Crippen molar-refractivity contribution in [2.24, 2.45) is 4.99 Å². The van der Waals surface area contributed by atoms with Crippen molar-refractivity contribution in [2.75, 3.05) is 25.6 Å². The molecule has 3 aromatic rings. The number of pyridine rings is 1. The topological polar surface area (TPSA) is 97.3 Å². The van der Waals surface area contributed by atoms with E-state index in [-0.39, 0.29) is 11.9 Å². The van der Waals surface area contributed by atoms with Gasteiger partial charge in [-0.05, 0) is 79.6 Å². The second-order valence-electron chi connectivity index (χ2n) is 9.25. The largest absolute Gasteiger partial charge is 0.480 e. The van der Waals surface area contributed by atoms with Gasteiger partial charge in [0.2, 0.25) is 5.88 Å². The highest BCUT2D eigenvalue weighted by Gasteiger charge is 2.19. The van der Waals surface area contributed by atoms with Crippen LogP contribution >= 0.6 is 0 Å². The van der Waals surface area contributed by atoms with Gasteiger partial charge in [0.15, 0.2) is 0 Å². The lowest BCUT2D eigenvalue weighted by Gasteiger charge is -2.22. The molecule has 8 nitrogen and oxygen atoms in total. The average molecular weight is 521 g/mol. The van der Waals surface area contributed by atoms with Gasteiger partial charge in [-0.3, -0.25) is 4.99 Å². The fourth-order valence-corrected chi connectivity index (χ4v) is 4.85. The van der Waals surface area contributed by atoms with E-state index in [0.29, 0.717) is 41.6 Å². The van der Waals surface area contributed by atoms with Gasteiger partial charge in [-0.15, -0.1) is 0 Å². The van der Waals surface area contributed by atoms with Gasteiger partial charge in [-0.2, -0.15) is 5.26 Å². The highest BCUT2D eigenvalue weighted by molar-refractivity contribution is 5.85. The van der Waals surface area contributed by atoms with E-state index in [0.717, 1.165) is 40.8 Å². The van der Waals surface area contributed by atoms with Gasteiger partial charge < -0.3 is 19.4 Å². The Balaban J connectivity index is 1.64. The second kappa shape index (κ2) is 10.5. The molecule has 1 saturated heterocycles. The Hall–Kier alpha value is -4.81. The number of nitrogens with zero attached hydrogens (tertiary/aromatic N) is 5. The molecule has 3 aliphatic rings. The third-order valence-electron chi connectivity index (χ3n) is 6.75. The molecule has 2 aliphatic heterocycles. The van der Waals surface area contributed by atoms with Crippen molar-refractivity contribution in [2.45, 2.75) is 18.9 Å². The smallest absolute Gasteiger partial charge is 0.237 e. The highest BCUT2D eigenvalue weighted by atomic mass is 19.1. The third kappa shape index (κ3) is 4.90. The van der Waals surface area contributed by atoms with E-state index in [1.165, 1.54) is 12.1 Å². The zero-order chi connectivity index (χ0) is 26.8. The molecule has 1 aromatic heterocycles. The summed E-state index contributed by atoms with van der Waals surface area (Å²) in [6, 6.07) is 21.7. The van der Waals surface area contributed by atoms with Gasteiger partial charge in [-0.25, -0.2) is 14.4 Å².